The Kier molecular flexibility index (Phi) is 5.98. The van der Waals surface area contributed by atoms with Crippen molar-refractivity contribution in [3.05, 3.63) is 23.8 Å². The second-order valence-corrected chi connectivity index (χ2v) is 3.43. The van der Waals surface area contributed by atoms with E-state index in [-0.39, 0.29) is 0 Å². The average molecular weight is 233 g/mol. The Balaban J connectivity index is 2.93. The Hall–Kier alpha value is -1.66. The van der Waals surface area contributed by atoms with Crippen molar-refractivity contribution in [1.82, 2.24) is 0 Å². The zero-order chi connectivity index (χ0) is 12.5. The first-order valence-corrected chi connectivity index (χ1v) is 5.80. The highest BCUT2D eigenvalue weighted by atomic mass is 16.5. The van der Waals surface area contributed by atoms with Crippen LogP contribution < -0.4 is 15.2 Å². The van der Waals surface area contributed by atoms with Crippen molar-refractivity contribution in [1.29, 1.82) is 0 Å². The van der Waals surface area contributed by atoms with E-state index in [9.17, 15) is 0 Å². The molecule has 0 heterocycles. The molecule has 0 bridgehead atoms. The Bertz CT molecular complexity index is 380. The summed E-state index contributed by atoms with van der Waals surface area (Å²) in [6, 6.07) is 5.86. The van der Waals surface area contributed by atoms with Gasteiger partial charge < -0.3 is 15.2 Å². The third-order valence-electron chi connectivity index (χ3n) is 2.24. The maximum atomic E-state index is 5.66. The van der Waals surface area contributed by atoms with E-state index in [2.05, 4.69) is 11.8 Å². The van der Waals surface area contributed by atoms with Gasteiger partial charge in [-0.2, -0.15) is 0 Å². The number of hydrogen-bond acceptors (Lipinski definition) is 3. The van der Waals surface area contributed by atoms with Crippen LogP contribution in [0.3, 0.4) is 0 Å². The molecule has 3 heteroatoms. The highest BCUT2D eigenvalue weighted by molar-refractivity contribution is 5.47. The van der Waals surface area contributed by atoms with Crippen LogP contribution in [0.1, 0.15) is 19.4 Å². The fourth-order valence-corrected chi connectivity index (χ4v) is 1.53. The van der Waals surface area contributed by atoms with Crippen molar-refractivity contribution in [2.24, 2.45) is 5.73 Å². The molecule has 0 saturated heterocycles. The number of para-hydroxylation sites is 1. The second kappa shape index (κ2) is 7.59. The van der Waals surface area contributed by atoms with Crippen LogP contribution in [0.25, 0.3) is 0 Å². The van der Waals surface area contributed by atoms with E-state index in [0.29, 0.717) is 19.8 Å². The van der Waals surface area contributed by atoms with Crippen LogP contribution in [0.15, 0.2) is 18.2 Å². The first kappa shape index (κ1) is 13.4. The van der Waals surface area contributed by atoms with Crippen LogP contribution in [-0.2, 0) is 6.42 Å². The van der Waals surface area contributed by atoms with E-state index >= 15 is 0 Å². The lowest BCUT2D eigenvalue weighted by Crippen LogP contribution is -2.07. The fraction of sp³-hybridized carbons (Fsp3) is 0.429. The van der Waals surface area contributed by atoms with Crippen molar-refractivity contribution >= 4 is 0 Å². The minimum atomic E-state index is 0.373. The number of hydrogen-bond donors (Lipinski definition) is 1. The van der Waals surface area contributed by atoms with Gasteiger partial charge in [0.05, 0.1) is 6.61 Å². The normalized spacial score (nSPS) is 9.35. The molecular weight excluding hydrogens is 214 g/mol. The van der Waals surface area contributed by atoms with Crippen LogP contribution in [0, 0.1) is 11.8 Å². The predicted octanol–water partition coefficient (Wildman–Crippen LogP) is 1.99. The van der Waals surface area contributed by atoms with Gasteiger partial charge in [0.25, 0.3) is 0 Å². The molecule has 17 heavy (non-hydrogen) atoms. The van der Waals surface area contributed by atoms with E-state index in [4.69, 9.17) is 15.2 Å². The number of benzene rings is 1. The molecule has 0 spiro atoms. The summed E-state index contributed by atoms with van der Waals surface area (Å²) in [7, 11) is 0. The highest BCUT2D eigenvalue weighted by Crippen LogP contribution is 2.31. The Morgan fingerprint density at radius 2 is 2.12 bits per heavy atom. The van der Waals surface area contributed by atoms with Gasteiger partial charge in [0, 0.05) is 0 Å². The van der Waals surface area contributed by atoms with Crippen molar-refractivity contribution < 1.29 is 9.47 Å². The van der Waals surface area contributed by atoms with Gasteiger partial charge in [-0.05, 0) is 38.4 Å². The molecule has 0 unspecified atom stereocenters. The molecule has 0 aliphatic heterocycles. The summed E-state index contributed by atoms with van der Waals surface area (Å²) in [5.74, 6) is 7.20. The number of rotatable bonds is 6. The van der Waals surface area contributed by atoms with E-state index in [1.807, 2.05) is 25.1 Å². The monoisotopic (exact) mass is 233 g/mol. The molecule has 0 aromatic heterocycles. The molecule has 0 atom stereocenters. The summed E-state index contributed by atoms with van der Waals surface area (Å²) in [5, 5.41) is 0. The molecule has 1 aromatic carbocycles. The predicted molar refractivity (Wildman–Crippen MR) is 69.3 cm³/mol. The highest BCUT2D eigenvalue weighted by Gasteiger charge is 2.09. The first-order valence-electron chi connectivity index (χ1n) is 5.80. The topological polar surface area (TPSA) is 44.5 Å². The lowest BCUT2D eigenvalue weighted by molar-refractivity contribution is 0.297. The van der Waals surface area contributed by atoms with E-state index < -0.39 is 0 Å². The zero-order valence-electron chi connectivity index (χ0n) is 10.5. The van der Waals surface area contributed by atoms with Crippen LogP contribution in [0.2, 0.25) is 0 Å². The van der Waals surface area contributed by atoms with Crippen molar-refractivity contribution in [2.45, 2.75) is 20.3 Å². The van der Waals surface area contributed by atoms with Gasteiger partial charge in [-0.3, -0.25) is 0 Å². The Labute approximate surface area is 103 Å². The molecule has 0 fully saturated rings. The molecule has 0 aliphatic carbocycles. The van der Waals surface area contributed by atoms with E-state index in [1.165, 1.54) is 0 Å². The van der Waals surface area contributed by atoms with Crippen molar-refractivity contribution in [2.75, 3.05) is 19.8 Å². The largest absolute Gasteiger partial charge is 0.490 e. The van der Waals surface area contributed by atoms with Crippen LogP contribution in [-0.4, -0.2) is 19.8 Å². The Morgan fingerprint density at radius 1 is 1.29 bits per heavy atom. The molecule has 0 saturated carbocycles. The quantitative estimate of drug-likeness (QED) is 0.764. The number of ether oxygens (including phenoxy) is 2. The molecule has 1 aromatic rings. The zero-order valence-corrected chi connectivity index (χ0v) is 10.5. The summed E-state index contributed by atoms with van der Waals surface area (Å²) in [6.07, 6.45) is 0.774. The van der Waals surface area contributed by atoms with E-state index in [1.54, 1.807) is 6.92 Å². The molecule has 2 N–H and O–H groups in total. The molecule has 92 valence electrons. The minimum absolute atomic E-state index is 0.373. The third-order valence-corrected chi connectivity index (χ3v) is 2.24. The molecule has 0 aliphatic rings. The lowest BCUT2D eigenvalue weighted by atomic mass is 10.1. The summed E-state index contributed by atoms with van der Waals surface area (Å²) in [5.41, 5.74) is 6.65. The maximum Gasteiger partial charge on any atom is 0.165 e. The molecule has 1 rings (SSSR count). The van der Waals surface area contributed by atoms with Crippen LogP contribution >= 0.6 is 0 Å². The SMILES string of the molecule is CC#CCOc1c(CCN)cccc1OCC. The molecule has 0 radical (unpaired) electrons. The first-order chi connectivity index (χ1) is 8.33. The van der Waals surface area contributed by atoms with Crippen LogP contribution in [0.4, 0.5) is 0 Å². The van der Waals surface area contributed by atoms with Gasteiger partial charge in [0.1, 0.15) is 6.61 Å². The third kappa shape index (κ3) is 4.01. The molecule has 0 amide bonds. The number of nitrogens with two attached hydrogens (primary N) is 1. The van der Waals surface area contributed by atoms with Gasteiger partial charge in [-0.1, -0.05) is 18.1 Å². The summed E-state index contributed by atoms with van der Waals surface area (Å²) >= 11 is 0. The van der Waals surface area contributed by atoms with Crippen molar-refractivity contribution in [3.63, 3.8) is 0 Å². The minimum Gasteiger partial charge on any atom is -0.490 e. The summed E-state index contributed by atoms with van der Waals surface area (Å²) in [6.45, 7) is 5.31. The second-order valence-electron chi connectivity index (χ2n) is 3.43. The van der Waals surface area contributed by atoms with Gasteiger partial charge >= 0.3 is 0 Å². The maximum absolute atomic E-state index is 5.66. The smallest absolute Gasteiger partial charge is 0.165 e. The van der Waals surface area contributed by atoms with Crippen molar-refractivity contribution in [3.8, 4) is 23.3 Å². The fourth-order valence-electron chi connectivity index (χ4n) is 1.53. The van der Waals surface area contributed by atoms with Gasteiger partial charge in [0.2, 0.25) is 0 Å². The summed E-state index contributed by atoms with van der Waals surface area (Å²) in [4.78, 5) is 0. The average Bonchev–Trinajstić information content (AvgIpc) is 2.33. The van der Waals surface area contributed by atoms with Crippen LogP contribution in [0.5, 0.6) is 11.5 Å². The molecule has 3 nitrogen and oxygen atoms in total. The summed E-state index contributed by atoms with van der Waals surface area (Å²) < 4.78 is 11.2. The molecular formula is C14H19NO2. The van der Waals surface area contributed by atoms with Gasteiger partial charge in [-0.15, -0.1) is 5.92 Å². The standard InChI is InChI=1S/C14H19NO2/c1-3-5-11-17-14-12(9-10-15)7-6-8-13(14)16-4-2/h6-8H,4,9-11,15H2,1-2H3. The lowest BCUT2D eigenvalue weighted by Gasteiger charge is -2.14. The Morgan fingerprint density at radius 3 is 2.76 bits per heavy atom. The van der Waals surface area contributed by atoms with Gasteiger partial charge in [-0.25, -0.2) is 0 Å². The van der Waals surface area contributed by atoms with E-state index in [0.717, 1.165) is 23.5 Å². The van der Waals surface area contributed by atoms with Gasteiger partial charge in [0.15, 0.2) is 11.5 Å².